The van der Waals surface area contributed by atoms with Gasteiger partial charge in [-0.2, -0.15) is 74.6 Å². The van der Waals surface area contributed by atoms with Crippen LogP contribution in [-0.4, -0.2) is 66.8 Å². The quantitative estimate of drug-likeness (QED) is 0.356. The molecule has 170 valence electrons. The maximum atomic E-state index is 13.2. The summed E-state index contributed by atoms with van der Waals surface area (Å²) < 4.78 is 217. The van der Waals surface area contributed by atoms with Gasteiger partial charge in [-0.05, 0) is 14.1 Å². The lowest BCUT2D eigenvalue weighted by atomic mass is 9.90. The smallest absolute Gasteiger partial charge is 0.245 e. The third-order valence-corrected chi connectivity index (χ3v) is 3.27. The second-order valence-electron chi connectivity index (χ2n) is 5.38. The maximum absolute atomic E-state index is 13.2. The molecule has 0 aliphatic carbocycles. The summed E-state index contributed by atoms with van der Waals surface area (Å²) in [5, 5.41) is 0. The normalized spacial score (nSPS) is 16.7. The molecule has 0 rings (SSSR count). The molecule has 1 nitrogen and oxygen atoms in total. The lowest BCUT2D eigenvalue weighted by molar-refractivity contribution is -0.467. The Morgan fingerprint density at radius 3 is 0.786 bits per heavy atom. The average molecular weight is 463 g/mol. The third kappa shape index (κ3) is 3.05. The van der Waals surface area contributed by atoms with Gasteiger partial charge in [-0.1, -0.05) is 0 Å². The molecule has 0 amide bonds. The van der Waals surface area contributed by atoms with Crippen LogP contribution in [0, 0.1) is 0 Å². The Kier molecular flexibility index (Phi) is 6.10. The van der Waals surface area contributed by atoms with Crippen molar-refractivity contribution in [2.24, 2.45) is 0 Å². The molecule has 0 spiro atoms. The van der Waals surface area contributed by atoms with Crippen LogP contribution in [0.5, 0.6) is 0 Å². The maximum Gasteiger partial charge on any atom is 0.460 e. The van der Waals surface area contributed by atoms with Gasteiger partial charge in [-0.15, -0.1) is 0 Å². The van der Waals surface area contributed by atoms with Crippen LogP contribution in [0.15, 0.2) is 0 Å². The molecule has 0 N–H and O–H groups in total. The van der Waals surface area contributed by atoms with Crippen molar-refractivity contribution in [3.05, 3.63) is 0 Å². The highest BCUT2D eigenvalue weighted by molar-refractivity contribution is 5.14. The molecule has 18 heteroatoms. The number of rotatable bonds is 7. The first kappa shape index (κ1) is 26.8. The Hall–Kier alpha value is -1.23. The zero-order chi connectivity index (χ0) is 23.6. The highest BCUT2D eigenvalue weighted by Crippen LogP contribution is 2.63. The lowest BCUT2D eigenvalue weighted by Gasteiger charge is -2.43. The van der Waals surface area contributed by atoms with E-state index in [1.807, 2.05) is 0 Å². The summed E-state index contributed by atoms with van der Waals surface area (Å²) in [6.07, 6.45) is -7.75. The summed E-state index contributed by atoms with van der Waals surface area (Å²) in [5.41, 5.74) is 0. The molecule has 0 aromatic carbocycles. The van der Waals surface area contributed by atoms with Gasteiger partial charge in [0.25, 0.3) is 0 Å². The lowest BCUT2D eigenvalue weighted by Crippen LogP contribution is -2.75. The molecule has 0 fully saturated rings. The SMILES string of the molecule is CN(C)C(F)(F)C(F)(F)C(F)(F)C(F)(F)C(F)(F)C(F)(F)C(F)(F)C(F)(F)F. The van der Waals surface area contributed by atoms with Crippen molar-refractivity contribution in [2.75, 3.05) is 14.1 Å². The minimum Gasteiger partial charge on any atom is -0.245 e. The van der Waals surface area contributed by atoms with E-state index in [2.05, 4.69) is 0 Å². The first-order valence-electron chi connectivity index (χ1n) is 6.08. The fourth-order valence-electron chi connectivity index (χ4n) is 1.44. The van der Waals surface area contributed by atoms with Crippen molar-refractivity contribution in [2.45, 2.75) is 47.8 Å². The van der Waals surface area contributed by atoms with Crippen molar-refractivity contribution in [1.82, 2.24) is 4.90 Å². The molecule has 28 heavy (non-hydrogen) atoms. The number of hydrogen-bond acceptors (Lipinski definition) is 1. The standard InChI is InChI=1S/C10H6F17N/c1-28(2)10(26,27)8(21,22)6(17,18)4(13,14)3(11,12)5(15,16)7(19,20)9(23,24)25/h1-2H3. The van der Waals surface area contributed by atoms with Gasteiger partial charge in [0.05, 0.1) is 0 Å². The number of alkyl halides is 17. The van der Waals surface area contributed by atoms with Crippen LogP contribution in [0.2, 0.25) is 0 Å². The van der Waals surface area contributed by atoms with E-state index >= 15 is 0 Å². The predicted octanol–water partition coefficient (Wildman–Crippen LogP) is 5.51. The van der Waals surface area contributed by atoms with Gasteiger partial charge >= 0.3 is 47.8 Å². The van der Waals surface area contributed by atoms with Gasteiger partial charge in [0, 0.05) is 0 Å². The number of nitrogens with zero attached hydrogens (tertiary/aromatic N) is 1. The van der Waals surface area contributed by atoms with E-state index in [4.69, 9.17) is 0 Å². The molecule has 0 aromatic rings. The van der Waals surface area contributed by atoms with Gasteiger partial charge in [0.15, 0.2) is 0 Å². The Balaban J connectivity index is 6.72. The van der Waals surface area contributed by atoms with E-state index in [9.17, 15) is 74.6 Å². The van der Waals surface area contributed by atoms with Crippen LogP contribution >= 0.6 is 0 Å². The van der Waals surface area contributed by atoms with Crippen LogP contribution in [-0.2, 0) is 0 Å². The molecule has 0 aromatic heterocycles. The van der Waals surface area contributed by atoms with Crippen molar-refractivity contribution in [1.29, 1.82) is 0 Å². The molecule has 0 saturated heterocycles. The zero-order valence-corrected chi connectivity index (χ0v) is 12.9. The van der Waals surface area contributed by atoms with Crippen LogP contribution in [0.4, 0.5) is 74.6 Å². The molecular weight excluding hydrogens is 457 g/mol. The fourth-order valence-corrected chi connectivity index (χ4v) is 1.44. The van der Waals surface area contributed by atoms with E-state index in [1.165, 1.54) is 0 Å². The molecule has 0 aliphatic rings. The van der Waals surface area contributed by atoms with E-state index in [0.717, 1.165) is 0 Å². The second kappa shape index (κ2) is 6.38. The Labute approximate surface area is 143 Å². The van der Waals surface area contributed by atoms with Crippen LogP contribution in [0.25, 0.3) is 0 Å². The minimum absolute atomic E-state index is 0.188. The van der Waals surface area contributed by atoms with Crippen LogP contribution < -0.4 is 0 Å². The summed E-state index contributed by atoms with van der Waals surface area (Å²) in [4.78, 5) is -1.25. The van der Waals surface area contributed by atoms with Crippen molar-refractivity contribution in [3.63, 3.8) is 0 Å². The zero-order valence-electron chi connectivity index (χ0n) is 12.9. The highest BCUT2D eigenvalue weighted by Gasteiger charge is 2.95. The van der Waals surface area contributed by atoms with E-state index in [0.29, 0.717) is 0 Å². The topological polar surface area (TPSA) is 3.24 Å². The van der Waals surface area contributed by atoms with Gasteiger partial charge in [-0.25, -0.2) is 4.90 Å². The van der Waals surface area contributed by atoms with Crippen molar-refractivity contribution in [3.8, 4) is 0 Å². The van der Waals surface area contributed by atoms with Gasteiger partial charge in [0.2, 0.25) is 0 Å². The highest BCUT2D eigenvalue weighted by atomic mass is 19.4. The largest absolute Gasteiger partial charge is 0.460 e. The first-order chi connectivity index (χ1) is 11.7. The summed E-state index contributed by atoms with van der Waals surface area (Å²) in [7, 11) is -0.376. The van der Waals surface area contributed by atoms with Crippen LogP contribution in [0.1, 0.15) is 0 Å². The Morgan fingerprint density at radius 2 is 0.571 bits per heavy atom. The molecule has 0 bridgehead atoms. The summed E-state index contributed by atoms with van der Waals surface area (Å²) in [6, 6.07) is -6.47. The summed E-state index contributed by atoms with van der Waals surface area (Å²) >= 11 is 0. The van der Waals surface area contributed by atoms with Crippen molar-refractivity contribution < 1.29 is 74.6 Å². The molecule has 0 aliphatic heterocycles. The molecule has 0 saturated carbocycles. The molecule has 0 heterocycles. The number of hydrogen-bond donors (Lipinski definition) is 0. The molecule has 0 unspecified atom stereocenters. The van der Waals surface area contributed by atoms with Gasteiger partial charge in [0.1, 0.15) is 0 Å². The predicted molar refractivity (Wildman–Crippen MR) is 54.4 cm³/mol. The van der Waals surface area contributed by atoms with E-state index in [1.54, 1.807) is 0 Å². The van der Waals surface area contributed by atoms with E-state index in [-0.39, 0.29) is 14.1 Å². The molecule has 0 radical (unpaired) electrons. The third-order valence-electron chi connectivity index (χ3n) is 3.27. The molecule has 0 atom stereocenters. The Morgan fingerprint density at radius 1 is 0.357 bits per heavy atom. The second-order valence-corrected chi connectivity index (χ2v) is 5.38. The molecular formula is C10H6F17N. The van der Waals surface area contributed by atoms with Gasteiger partial charge < -0.3 is 0 Å². The Bertz CT molecular complexity index is 571. The van der Waals surface area contributed by atoms with Gasteiger partial charge in [-0.3, -0.25) is 0 Å². The fraction of sp³-hybridized carbons (Fsp3) is 1.00. The van der Waals surface area contributed by atoms with E-state index < -0.39 is 52.7 Å². The number of halogens is 17. The average Bonchev–Trinajstić information content (AvgIpc) is 2.44. The summed E-state index contributed by atoms with van der Waals surface area (Å²) in [5.74, 6) is -49.6. The van der Waals surface area contributed by atoms with Crippen molar-refractivity contribution >= 4 is 0 Å². The summed E-state index contributed by atoms with van der Waals surface area (Å²) in [6.45, 7) is 0. The first-order valence-corrected chi connectivity index (χ1v) is 6.08. The van der Waals surface area contributed by atoms with Crippen LogP contribution in [0.3, 0.4) is 0 Å². The monoisotopic (exact) mass is 463 g/mol. The minimum atomic E-state index is -8.59.